The zero-order valence-corrected chi connectivity index (χ0v) is 9.26. The Morgan fingerprint density at radius 2 is 2.00 bits per heavy atom. The van der Waals surface area contributed by atoms with Gasteiger partial charge in [-0.1, -0.05) is 0 Å². The van der Waals surface area contributed by atoms with Gasteiger partial charge in [0.1, 0.15) is 3.70 Å². The molecular weight excluding hydrogens is 277 g/mol. The largest absolute Gasteiger partial charge is 0.265 e. The summed E-state index contributed by atoms with van der Waals surface area (Å²) in [5.41, 5.74) is 2.19. The Labute approximate surface area is 89.9 Å². The summed E-state index contributed by atoms with van der Waals surface area (Å²) in [6, 6.07) is 5.92. The van der Waals surface area contributed by atoms with E-state index in [4.69, 9.17) is 0 Å². The molecule has 0 saturated heterocycles. The summed E-state index contributed by atoms with van der Waals surface area (Å²) >= 11 is 2.21. The Hall–Kier alpha value is -0.910. The third-order valence-electron chi connectivity index (χ3n) is 1.76. The molecule has 0 bridgehead atoms. The summed E-state index contributed by atoms with van der Waals surface area (Å²) in [5.74, 6) is 0. The van der Waals surface area contributed by atoms with Crippen molar-refractivity contribution in [1.82, 2.24) is 14.8 Å². The van der Waals surface area contributed by atoms with E-state index in [1.165, 1.54) is 0 Å². The quantitative estimate of drug-likeness (QED) is 0.752. The lowest BCUT2D eigenvalue weighted by Gasteiger charge is -2.01. The number of rotatable bonds is 1. The maximum atomic E-state index is 4.36. The van der Waals surface area contributed by atoms with E-state index in [0.717, 1.165) is 15.1 Å². The number of hydrogen-bond donors (Lipinski definition) is 0. The second-order valence-electron chi connectivity index (χ2n) is 2.73. The van der Waals surface area contributed by atoms with Crippen molar-refractivity contribution in [2.45, 2.75) is 6.92 Å². The van der Waals surface area contributed by atoms with Crippen LogP contribution < -0.4 is 0 Å². The molecule has 0 fully saturated rings. The van der Waals surface area contributed by atoms with Gasteiger partial charge in [0.15, 0.2) is 0 Å². The summed E-state index contributed by atoms with van der Waals surface area (Å²) in [4.78, 5) is 3.96. The van der Waals surface area contributed by atoms with E-state index >= 15 is 0 Å². The lowest BCUT2D eigenvalue weighted by atomic mass is 10.4. The number of aryl methyl sites for hydroxylation is 1. The third-order valence-corrected chi connectivity index (χ3v) is 2.29. The predicted octanol–water partition coefficient (Wildman–Crippen LogP) is 2.18. The van der Waals surface area contributed by atoms with Crippen LogP contribution in [-0.4, -0.2) is 14.8 Å². The SMILES string of the molecule is Cc1cc(I)nn1-c1ccncc1. The molecule has 66 valence electrons. The number of nitrogens with zero attached hydrogens (tertiary/aromatic N) is 3. The molecule has 13 heavy (non-hydrogen) atoms. The van der Waals surface area contributed by atoms with E-state index in [0.29, 0.717) is 0 Å². The summed E-state index contributed by atoms with van der Waals surface area (Å²) in [5, 5.41) is 4.36. The average Bonchev–Trinajstić information content (AvgIpc) is 2.47. The van der Waals surface area contributed by atoms with E-state index in [1.807, 2.05) is 29.8 Å². The summed E-state index contributed by atoms with van der Waals surface area (Å²) in [7, 11) is 0. The average molecular weight is 285 g/mol. The lowest BCUT2D eigenvalue weighted by molar-refractivity contribution is 0.836. The van der Waals surface area contributed by atoms with E-state index in [9.17, 15) is 0 Å². The molecule has 0 unspecified atom stereocenters. The Morgan fingerprint density at radius 1 is 1.31 bits per heavy atom. The van der Waals surface area contributed by atoms with Gasteiger partial charge in [0.2, 0.25) is 0 Å². The van der Waals surface area contributed by atoms with Gasteiger partial charge >= 0.3 is 0 Å². The molecule has 0 spiro atoms. The fraction of sp³-hybridized carbons (Fsp3) is 0.111. The monoisotopic (exact) mass is 285 g/mol. The van der Waals surface area contributed by atoms with Crippen LogP contribution in [0.15, 0.2) is 30.6 Å². The normalized spacial score (nSPS) is 10.3. The molecule has 0 aliphatic rings. The van der Waals surface area contributed by atoms with Gasteiger partial charge in [0.05, 0.1) is 5.69 Å². The summed E-state index contributed by atoms with van der Waals surface area (Å²) in [6.45, 7) is 2.04. The Morgan fingerprint density at radius 3 is 2.54 bits per heavy atom. The molecule has 0 aliphatic carbocycles. The second-order valence-corrected chi connectivity index (χ2v) is 3.83. The topological polar surface area (TPSA) is 30.7 Å². The van der Waals surface area contributed by atoms with Crippen molar-refractivity contribution < 1.29 is 0 Å². The zero-order valence-electron chi connectivity index (χ0n) is 7.11. The number of hydrogen-bond acceptors (Lipinski definition) is 2. The molecule has 0 saturated carbocycles. The highest BCUT2D eigenvalue weighted by atomic mass is 127. The third kappa shape index (κ3) is 1.72. The van der Waals surface area contributed by atoms with Gasteiger partial charge in [-0.2, -0.15) is 5.10 Å². The maximum absolute atomic E-state index is 4.36. The number of aromatic nitrogens is 3. The Balaban J connectivity index is 2.53. The van der Waals surface area contributed by atoms with Crippen LogP contribution in [0.25, 0.3) is 5.69 Å². The fourth-order valence-corrected chi connectivity index (χ4v) is 1.85. The Kier molecular flexibility index (Phi) is 2.30. The minimum absolute atomic E-state index is 1.01. The molecule has 0 aliphatic heterocycles. The first-order chi connectivity index (χ1) is 6.27. The van der Waals surface area contributed by atoms with Gasteiger partial charge in [0.25, 0.3) is 0 Å². The van der Waals surface area contributed by atoms with Crippen molar-refractivity contribution >= 4 is 22.6 Å². The van der Waals surface area contributed by atoms with Gasteiger partial charge in [-0.05, 0) is 47.7 Å². The van der Waals surface area contributed by atoms with Crippen LogP contribution in [0.3, 0.4) is 0 Å². The fourth-order valence-electron chi connectivity index (χ4n) is 1.18. The highest BCUT2D eigenvalue weighted by Gasteiger charge is 2.02. The second kappa shape index (κ2) is 3.45. The van der Waals surface area contributed by atoms with Crippen LogP contribution in [0.2, 0.25) is 0 Å². The molecule has 0 radical (unpaired) electrons. The highest BCUT2D eigenvalue weighted by molar-refractivity contribution is 14.1. The Bertz CT molecular complexity index is 408. The minimum atomic E-state index is 1.01. The van der Waals surface area contributed by atoms with Gasteiger partial charge in [-0.3, -0.25) is 4.98 Å². The molecule has 2 heterocycles. The van der Waals surface area contributed by atoms with E-state index in [-0.39, 0.29) is 0 Å². The molecule has 0 aromatic carbocycles. The van der Waals surface area contributed by atoms with Crippen molar-refractivity contribution in [3.05, 3.63) is 40.0 Å². The molecular formula is C9H8IN3. The van der Waals surface area contributed by atoms with E-state index in [2.05, 4.69) is 32.7 Å². The molecule has 0 atom stereocenters. The summed E-state index contributed by atoms with van der Waals surface area (Å²) < 4.78 is 2.91. The smallest absolute Gasteiger partial charge is 0.124 e. The van der Waals surface area contributed by atoms with Crippen LogP contribution >= 0.6 is 22.6 Å². The molecule has 2 aromatic heterocycles. The van der Waals surface area contributed by atoms with Crippen molar-refractivity contribution in [2.75, 3.05) is 0 Å². The molecule has 2 aromatic rings. The van der Waals surface area contributed by atoms with Gasteiger partial charge in [-0.25, -0.2) is 4.68 Å². The number of pyridine rings is 1. The van der Waals surface area contributed by atoms with Gasteiger partial charge in [-0.15, -0.1) is 0 Å². The van der Waals surface area contributed by atoms with Crippen molar-refractivity contribution in [1.29, 1.82) is 0 Å². The molecule has 3 nitrogen and oxygen atoms in total. The van der Waals surface area contributed by atoms with Gasteiger partial charge in [0, 0.05) is 18.1 Å². The highest BCUT2D eigenvalue weighted by Crippen LogP contribution is 2.11. The van der Waals surface area contributed by atoms with Crippen LogP contribution in [0.4, 0.5) is 0 Å². The van der Waals surface area contributed by atoms with Crippen molar-refractivity contribution in [2.24, 2.45) is 0 Å². The molecule has 2 rings (SSSR count). The van der Waals surface area contributed by atoms with Crippen LogP contribution in [0, 0.1) is 10.6 Å². The lowest BCUT2D eigenvalue weighted by Crippen LogP contribution is -1.98. The molecule has 0 N–H and O–H groups in total. The standard InChI is InChI=1S/C9H8IN3/c1-7-6-9(10)12-13(7)8-2-4-11-5-3-8/h2-6H,1H3. The van der Waals surface area contributed by atoms with E-state index < -0.39 is 0 Å². The number of halogens is 1. The van der Waals surface area contributed by atoms with Crippen molar-refractivity contribution in [3.63, 3.8) is 0 Å². The minimum Gasteiger partial charge on any atom is -0.265 e. The first-order valence-corrected chi connectivity index (χ1v) is 4.98. The predicted molar refractivity (Wildman–Crippen MR) is 58.8 cm³/mol. The summed E-state index contributed by atoms with van der Waals surface area (Å²) in [6.07, 6.45) is 3.53. The first kappa shape index (κ1) is 8.68. The first-order valence-electron chi connectivity index (χ1n) is 3.90. The van der Waals surface area contributed by atoms with E-state index in [1.54, 1.807) is 12.4 Å². The van der Waals surface area contributed by atoms with Crippen molar-refractivity contribution in [3.8, 4) is 5.69 Å². The van der Waals surface area contributed by atoms with Crippen LogP contribution in [-0.2, 0) is 0 Å². The van der Waals surface area contributed by atoms with Crippen LogP contribution in [0.1, 0.15) is 5.69 Å². The van der Waals surface area contributed by atoms with Crippen LogP contribution in [0.5, 0.6) is 0 Å². The van der Waals surface area contributed by atoms with Gasteiger partial charge < -0.3 is 0 Å². The molecule has 4 heteroatoms. The maximum Gasteiger partial charge on any atom is 0.124 e. The molecule has 0 amide bonds. The zero-order chi connectivity index (χ0) is 9.26.